The molecule has 1 aromatic rings. The summed E-state index contributed by atoms with van der Waals surface area (Å²) in [5.41, 5.74) is 1.05. The van der Waals surface area contributed by atoms with Crippen molar-refractivity contribution in [1.82, 2.24) is 5.32 Å². The highest BCUT2D eigenvalue weighted by molar-refractivity contribution is 5.69. The topological polar surface area (TPSA) is 66.0 Å². The minimum Gasteiger partial charge on any atom is -0.493 e. The highest BCUT2D eigenvalue weighted by Crippen LogP contribution is 2.41. The summed E-state index contributed by atoms with van der Waals surface area (Å²) in [5, 5.41) is 3.28. The molecule has 1 N–H and O–H groups in total. The van der Waals surface area contributed by atoms with Gasteiger partial charge in [-0.2, -0.15) is 0 Å². The van der Waals surface area contributed by atoms with E-state index in [0.29, 0.717) is 36.8 Å². The molecule has 0 saturated heterocycles. The Morgan fingerprint density at radius 1 is 1.38 bits per heavy atom. The maximum Gasteiger partial charge on any atom is 0.305 e. The fourth-order valence-electron chi connectivity index (χ4n) is 2.11. The van der Waals surface area contributed by atoms with Gasteiger partial charge in [-0.1, -0.05) is 0 Å². The average molecular weight is 295 g/mol. The second kappa shape index (κ2) is 7.73. The molecule has 2 rings (SSSR count). The molecule has 0 spiro atoms. The van der Waals surface area contributed by atoms with Crippen molar-refractivity contribution < 1.29 is 23.7 Å². The molecule has 0 radical (unpaired) electrons. The molecule has 0 aliphatic carbocycles. The number of nitrogens with one attached hydrogen (secondary N) is 1. The number of esters is 1. The fourth-order valence-corrected chi connectivity index (χ4v) is 2.11. The minimum atomic E-state index is -0.149. The lowest BCUT2D eigenvalue weighted by Crippen LogP contribution is -2.16. The number of hydrogen-bond acceptors (Lipinski definition) is 6. The Morgan fingerprint density at radius 3 is 3.00 bits per heavy atom. The Hall–Kier alpha value is -1.95. The molecular formula is C15H21NO5. The van der Waals surface area contributed by atoms with E-state index in [9.17, 15) is 4.79 Å². The van der Waals surface area contributed by atoms with Crippen LogP contribution in [0.1, 0.15) is 25.3 Å². The second-order valence-electron chi connectivity index (χ2n) is 4.62. The molecule has 6 nitrogen and oxygen atoms in total. The smallest absolute Gasteiger partial charge is 0.305 e. The predicted octanol–water partition coefficient (Wildman–Crippen LogP) is 1.86. The molecule has 6 heteroatoms. The van der Waals surface area contributed by atoms with Crippen molar-refractivity contribution >= 4 is 5.97 Å². The Balaban J connectivity index is 1.77. The normalized spacial score (nSPS) is 12.3. The Labute approximate surface area is 124 Å². The van der Waals surface area contributed by atoms with Crippen LogP contribution in [-0.4, -0.2) is 33.0 Å². The van der Waals surface area contributed by atoms with Gasteiger partial charge in [0.25, 0.3) is 0 Å². The van der Waals surface area contributed by atoms with Crippen LogP contribution in [0.25, 0.3) is 0 Å². The molecular weight excluding hydrogens is 274 g/mol. The molecule has 0 unspecified atom stereocenters. The van der Waals surface area contributed by atoms with Gasteiger partial charge in [-0.05, 0) is 37.6 Å². The van der Waals surface area contributed by atoms with Gasteiger partial charge in [-0.3, -0.25) is 4.79 Å². The molecule has 1 aliphatic heterocycles. The summed E-state index contributed by atoms with van der Waals surface area (Å²) < 4.78 is 20.9. The molecule has 0 aromatic heterocycles. The van der Waals surface area contributed by atoms with E-state index < -0.39 is 0 Å². The van der Waals surface area contributed by atoms with Crippen LogP contribution in [0, 0.1) is 0 Å². The molecule has 0 atom stereocenters. The SMILES string of the molecule is CCOC(=O)CCCNCc1cc(OC)c2c(c1)OCO2. The molecule has 1 heterocycles. The van der Waals surface area contributed by atoms with Crippen LogP contribution in [0.3, 0.4) is 0 Å². The first-order valence-corrected chi connectivity index (χ1v) is 7.07. The molecule has 1 aromatic carbocycles. The van der Waals surface area contributed by atoms with Gasteiger partial charge in [0, 0.05) is 13.0 Å². The third-order valence-corrected chi connectivity index (χ3v) is 3.09. The van der Waals surface area contributed by atoms with Gasteiger partial charge in [0.15, 0.2) is 11.5 Å². The first kappa shape index (κ1) is 15.4. The molecule has 0 amide bonds. The number of carbonyl (C=O) groups excluding carboxylic acids is 1. The maximum atomic E-state index is 11.2. The van der Waals surface area contributed by atoms with Crippen LogP contribution in [0.5, 0.6) is 17.2 Å². The summed E-state index contributed by atoms with van der Waals surface area (Å²) >= 11 is 0. The predicted molar refractivity (Wildman–Crippen MR) is 76.7 cm³/mol. The Kier molecular flexibility index (Phi) is 5.68. The first-order valence-electron chi connectivity index (χ1n) is 7.07. The summed E-state index contributed by atoms with van der Waals surface area (Å²) in [5.74, 6) is 1.89. The van der Waals surface area contributed by atoms with Gasteiger partial charge in [0.05, 0.1) is 13.7 Å². The van der Waals surface area contributed by atoms with Gasteiger partial charge in [-0.15, -0.1) is 0 Å². The average Bonchev–Trinajstić information content (AvgIpc) is 2.94. The zero-order valence-electron chi connectivity index (χ0n) is 12.4. The van der Waals surface area contributed by atoms with Gasteiger partial charge in [0.2, 0.25) is 12.5 Å². The number of benzene rings is 1. The second-order valence-corrected chi connectivity index (χ2v) is 4.62. The maximum absolute atomic E-state index is 11.2. The van der Waals surface area contributed by atoms with E-state index in [-0.39, 0.29) is 12.8 Å². The summed E-state index contributed by atoms with van der Waals surface area (Å²) in [6.07, 6.45) is 1.19. The number of hydrogen-bond donors (Lipinski definition) is 1. The Bertz CT molecular complexity index is 489. The van der Waals surface area contributed by atoms with Crippen LogP contribution in [0.4, 0.5) is 0 Å². The summed E-state index contributed by atoms with van der Waals surface area (Å²) in [4.78, 5) is 11.2. The van der Waals surface area contributed by atoms with Crippen molar-refractivity contribution in [1.29, 1.82) is 0 Å². The third-order valence-electron chi connectivity index (χ3n) is 3.09. The monoisotopic (exact) mass is 295 g/mol. The van der Waals surface area contributed by atoms with E-state index in [1.54, 1.807) is 7.11 Å². The summed E-state index contributed by atoms with van der Waals surface area (Å²) in [6.45, 7) is 3.89. The summed E-state index contributed by atoms with van der Waals surface area (Å²) in [6, 6.07) is 3.86. The zero-order valence-corrected chi connectivity index (χ0v) is 12.4. The highest BCUT2D eigenvalue weighted by Gasteiger charge is 2.19. The number of carbonyl (C=O) groups is 1. The molecule has 0 saturated carbocycles. The highest BCUT2D eigenvalue weighted by atomic mass is 16.7. The van der Waals surface area contributed by atoms with Gasteiger partial charge < -0.3 is 24.3 Å². The van der Waals surface area contributed by atoms with Gasteiger partial charge in [-0.25, -0.2) is 0 Å². The van der Waals surface area contributed by atoms with E-state index >= 15 is 0 Å². The lowest BCUT2D eigenvalue weighted by molar-refractivity contribution is -0.143. The van der Waals surface area contributed by atoms with Crippen molar-refractivity contribution in [2.24, 2.45) is 0 Å². The summed E-state index contributed by atoms with van der Waals surface area (Å²) in [7, 11) is 1.61. The van der Waals surface area contributed by atoms with E-state index in [1.165, 1.54) is 0 Å². The van der Waals surface area contributed by atoms with E-state index in [0.717, 1.165) is 18.5 Å². The van der Waals surface area contributed by atoms with Crippen LogP contribution < -0.4 is 19.5 Å². The molecule has 116 valence electrons. The van der Waals surface area contributed by atoms with Gasteiger partial charge >= 0.3 is 5.97 Å². The van der Waals surface area contributed by atoms with E-state index in [1.807, 2.05) is 19.1 Å². The number of fused-ring (bicyclic) bond motifs is 1. The van der Waals surface area contributed by atoms with Crippen molar-refractivity contribution in [2.75, 3.05) is 27.1 Å². The van der Waals surface area contributed by atoms with Crippen LogP contribution in [0.15, 0.2) is 12.1 Å². The van der Waals surface area contributed by atoms with Crippen LogP contribution in [-0.2, 0) is 16.1 Å². The van der Waals surface area contributed by atoms with E-state index in [4.69, 9.17) is 18.9 Å². The third kappa shape index (κ3) is 4.26. The quantitative estimate of drug-likeness (QED) is 0.583. The number of methoxy groups -OCH3 is 1. The lowest BCUT2D eigenvalue weighted by Gasteiger charge is -2.09. The van der Waals surface area contributed by atoms with Gasteiger partial charge in [0.1, 0.15) is 0 Å². The standard InChI is InChI=1S/C15H21NO5/c1-3-19-14(17)5-4-6-16-9-11-7-12(18-2)15-13(8-11)20-10-21-15/h7-8,16H,3-6,9-10H2,1-2H3. The largest absolute Gasteiger partial charge is 0.493 e. The van der Waals surface area contributed by atoms with Crippen molar-refractivity contribution in [3.8, 4) is 17.2 Å². The van der Waals surface area contributed by atoms with E-state index in [2.05, 4.69) is 5.32 Å². The van der Waals surface area contributed by atoms with Crippen molar-refractivity contribution in [2.45, 2.75) is 26.3 Å². The molecule has 21 heavy (non-hydrogen) atoms. The molecule has 0 fully saturated rings. The number of rotatable bonds is 8. The molecule has 1 aliphatic rings. The van der Waals surface area contributed by atoms with Crippen LogP contribution >= 0.6 is 0 Å². The zero-order chi connectivity index (χ0) is 15.1. The van der Waals surface area contributed by atoms with Crippen molar-refractivity contribution in [3.63, 3.8) is 0 Å². The molecule has 0 bridgehead atoms. The lowest BCUT2D eigenvalue weighted by atomic mass is 10.2. The number of ether oxygens (including phenoxy) is 4. The first-order chi connectivity index (χ1) is 10.2. The Morgan fingerprint density at radius 2 is 2.24 bits per heavy atom. The van der Waals surface area contributed by atoms with Crippen LogP contribution in [0.2, 0.25) is 0 Å². The van der Waals surface area contributed by atoms with Crippen molar-refractivity contribution in [3.05, 3.63) is 17.7 Å². The minimum absolute atomic E-state index is 0.149. The fraction of sp³-hybridized carbons (Fsp3) is 0.533.